The Balaban J connectivity index is 1.15. The third-order valence-corrected chi connectivity index (χ3v) is 7.35. The molecule has 4 fully saturated rings. The molecule has 3 unspecified atom stereocenters. The van der Waals surface area contributed by atoms with E-state index in [0.29, 0.717) is 36.9 Å². The van der Waals surface area contributed by atoms with Crippen molar-refractivity contribution in [2.24, 2.45) is 23.7 Å². The van der Waals surface area contributed by atoms with Crippen LogP contribution in [-0.2, 0) is 14.3 Å². The molecular weight excluding hydrogens is 378 g/mol. The molecule has 162 valence electrons. The molecule has 1 aromatic rings. The maximum atomic E-state index is 12.7. The highest BCUT2D eigenvalue weighted by molar-refractivity contribution is 5.81. The van der Waals surface area contributed by atoms with Crippen LogP contribution in [0.3, 0.4) is 0 Å². The van der Waals surface area contributed by atoms with Crippen LogP contribution in [0, 0.1) is 23.7 Å². The number of rotatable bonds is 7. The molecule has 0 radical (unpaired) electrons. The zero-order chi connectivity index (χ0) is 20.5. The summed E-state index contributed by atoms with van der Waals surface area (Å²) >= 11 is 0. The van der Waals surface area contributed by atoms with Crippen LogP contribution in [-0.4, -0.2) is 67.6 Å². The average molecular weight is 412 g/mol. The van der Waals surface area contributed by atoms with Gasteiger partial charge in [0.05, 0.1) is 18.6 Å². The molecule has 1 N–H and O–H groups in total. The standard InChI is InChI=1S/C24H33N3O3/c28-23(19-9-11-30-16-19)25-22(17-4-2-1-3-5-17)8-10-26-12-20-14-27(15-21(20)13-26)24(29)18-6-7-18/h1-5,18-22H,6-16H2,(H,25,28)/t19?,20?,21?,22-/m0/s1. The lowest BCUT2D eigenvalue weighted by Gasteiger charge is -2.25. The Kier molecular flexibility index (Phi) is 5.79. The van der Waals surface area contributed by atoms with Crippen LogP contribution < -0.4 is 5.32 Å². The molecule has 2 amide bonds. The van der Waals surface area contributed by atoms with Gasteiger partial charge in [-0.3, -0.25) is 9.59 Å². The molecule has 1 aliphatic carbocycles. The van der Waals surface area contributed by atoms with Gasteiger partial charge in [0, 0.05) is 45.2 Å². The van der Waals surface area contributed by atoms with Crippen molar-refractivity contribution in [1.29, 1.82) is 0 Å². The van der Waals surface area contributed by atoms with Crippen LogP contribution in [0.5, 0.6) is 0 Å². The van der Waals surface area contributed by atoms with Gasteiger partial charge in [0.1, 0.15) is 0 Å². The molecule has 3 heterocycles. The lowest BCUT2D eigenvalue weighted by Crippen LogP contribution is -2.37. The Bertz CT molecular complexity index is 746. The third-order valence-electron chi connectivity index (χ3n) is 7.35. The minimum Gasteiger partial charge on any atom is -0.381 e. The van der Waals surface area contributed by atoms with Crippen LogP contribution in [0.4, 0.5) is 0 Å². The molecule has 30 heavy (non-hydrogen) atoms. The van der Waals surface area contributed by atoms with E-state index in [-0.39, 0.29) is 17.9 Å². The van der Waals surface area contributed by atoms with E-state index in [9.17, 15) is 9.59 Å². The largest absolute Gasteiger partial charge is 0.381 e. The quantitative estimate of drug-likeness (QED) is 0.746. The number of hydrogen-bond donors (Lipinski definition) is 1. The lowest BCUT2D eigenvalue weighted by atomic mass is 10.0. The summed E-state index contributed by atoms with van der Waals surface area (Å²) in [5, 5.41) is 3.29. The van der Waals surface area contributed by atoms with Gasteiger partial charge < -0.3 is 19.9 Å². The summed E-state index contributed by atoms with van der Waals surface area (Å²) in [7, 11) is 0. The Hall–Kier alpha value is -1.92. The Morgan fingerprint density at radius 2 is 1.73 bits per heavy atom. The maximum absolute atomic E-state index is 12.7. The molecule has 6 heteroatoms. The van der Waals surface area contributed by atoms with Crippen LogP contribution in [0.2, 0.25) is 0 Å². The van der Waals surface area contributed by atoms with Crippen molar-refractivity contribution in [3.05, 3.63) is 35.9 Å². The van der Waals surface area contributed by atoms with E-state index in [1.807, 2.05) is 18.2 Å². The van der Waals surface area contributed by atoms with E-state index in [0.717, 1.165) is 58.4 Å². The zero-order valence-electron chi connectivity index (χ0n) is 17.7. The molecule has 6 nitrogen and oxygen atoms in total. The third kappa shape index (κ3) is 4.40. The lowest BCUT2D eigenvalue weighted by molar-refractivity contribution is -0.131. The predicted octanol–water partition coefficient (Wildman–Crippen LogP) is 2.07. The van der Waals surface area contributed by atoms with Crippen molar-refractivity contribution >= 4 is 11.8 Å². The summed E-state index contributed by atoms with van der Waals surface area (Å²) in [5.41, 5.74) is 1.17. The van der Waals surface area contributed by atoms with Gasteiger partial charge in [-0.25, -0.2) is 0 Å². The summed E-state index contributed by atoms with van der Waals surface area (Å²) in [6.07, 6.45) is 3.92. The molecule has 3 aliphatic heterocycles. The molecule has 3 saturated heterocycles. The van der Waals surface area contributed by atoms with Gasteiger partial charge in [-0.1, -0.05) is 30.3 Å². The first kappa shape index (κ1) is 20.0. The molecular formula is C24H33N3O3. The van der Waals surface area contributed by atoms with E-state index in [2.05, 4.69) is 27.2 Å². The number of carbonyl (C=O) groups excluding carboxylic acids is 2. The zero-order valence-corrected chi connectivity index (χ0v) is 17.7. The SMILES string of the molecule is O=C(N[C@@H](CCN1CC2CN(C(=O)C3CC3)CC2C1)c1ccccc1)C1CCOC1. The van der Waals surface area contributed by atoms with Gasteiger partial charge in [-0.05, 0) is 43.1 Å². The number of nitrogens with one attached hydrogen (secondary N) is 1. The topological polar surface area (TPSA) is 61.9 Å². The summed E-state index contributed by atoms with van der Waals surface area (Å²) in [4.78, 5) is 29.7. The number of benzene rings is 1. The monoisotopic (exact) mass is 411 g/mol. The van der Waals surface area contributed by atoms with E-state index >= 15 is 0 Å². The Morgan fingerprint density at radius 1 is 1.00 bits per heavy atom. The summed E-state index contributed by atoms with van der Waals surface area (Å²) in [5.74, 6) is 2.08. The van der Waals surface area contributed by atoms with Crippen molar-refractivity contribution in [2.45, 2.75) is 31.7 Å². The van der Waals surface area contributed by atoms with E-state index < -0.39 is 0 Å². The van der Waals surface area contributed by atoms with Crippen molar-refractivity contribution in [3.8, 4) is 0 Å². The van der Waals surface area contributed by atoms with Gasteiger partial charge in [-0.15, -0.1) is 0 Å². The molecule has 0 spiro atoms. The van der Waals surface area contributed by atoms with Crippen LogP contribution in [0.15, 0.2) is 30.3 Å². The number of amides is 2. The fourth-order valence-electron chi connectivity index (χ4n) is 5.39. The highest BCUT2D eigenvalue weighted by Gasteiger charge is 2.44. The molecule has 1 saturated carbocycles. The van der Waals surface area contributed by atoms with Crippen molar-refractivity contribution in [1.82, 2.24) is 15.1 Å². The fourth-order valence-corrected chi connectivity index (χ4v) is 5.39. The van der Waals surface area contributed by atoms with E-state index in [1.165, 1.54) is 5.56 Å². The number of ether oxygens (including phenoxy) is 1. The highest BCUT2D eigenvalue weighted by atomic mass is 16.5. The first-order valence-electron chi connectivity index (χ1n) is 11.6. The van der Waals surface area contributed by atoms with Crippen molar-refractivity contribution in [2.75, 3.05) is 45.9 Å². The second kappa shape index (κ2) is 8.67. The predicted molar refractivity (Wildman–Crippen MR) is 114 cm³/mol. The highest BCUT2D eigenvalue weighted by Crippen LogP contribution is 2.37. The number of likely N-dealkylation sites (tertiary alicyclic amines) is 2. The molecule has 4 aliphatic rings. The van der Waals surface area contributed by atoms with Gasteiger partial charge in [0.15, 0.2) is 0 Å². The second-order valence-electron chi connectivity index (χ2n) is 9.62. The number of carbonyl (C=O) groups is 2. The van der Waals surface area contributed by atoms with Crippen molar-refractivity contribution < 1.29 is 14.3 Å². The summed E-state index contributed by atoms with van der Waals surface area (Å²) in [6.45, 7) is 6.23. The first-order chi connectivity index (χ1) is 14.7. The van der Waals surface area contributed by atoms with E-state index in [1.54, 1.807) is 0 Å². The molecule has 1 aromatic carbocycles. The van der Waals surface area contributed by atoms with Gasteiger partial charge >= 0.3 is 0 Å². The van der Waals surface area contributed by atoms with Crippen LogP contribution >= 0.6 is 0 Å². The van der Waals surface area contributed by atoms with Gasteiger partial charge in [-0.2, -0.15) is 0 Å². The minimum atomic E-state index is -0.0163. The van der Waals surface area contributed by atoms with E-state index in [4.69, 9.17) is 4.74 Å². The first-order valence-corrected chi connectivity index (χ1v) is 11.6. The van der Waals surface area contributed by atoms with Crippen LogP contribution in [0.1, 0.15) is 37.3 Å². The van der Waals surface area contributed by atoms with Gasteiger partial charge in [0.2, 0.25) is 11.8 Å². The Labute approximate surface area is 178 Å². The normalized spacial score (nSPS) is 29.7. The number of fused-ring (bicyclic) bond motifs is 1. The smallest absolute Gasteiger partial charge is 0.226 e. The Morgan fingerprint density at radius 3 is 2.37 bits per heavy atom. The maximum Gasteiger partial charge on any atom is 0.226 e. The number of nitrogens with zero attached hydrogens (tertiary/aromatic N) is 2. The van der Waals surface area contributed by atoms with Crippen LogP contribution in [0.25, 0.3) is 0 Å². The molecule has 0 bridgehead atoms. The van der Waals surface area contributed by atoms with Crippen molar-refractivity contribution in [3.63, 3.8) is 0 Å². The minimum absolute atomic E-state index is 0.0163. The summed E-state index contributed by atoms with van der Waals surface area (Å²) < 4.78 is 5.40. The second-order valence-corrected chi connectivity index (χ2v) is 9.62. The fraction of sp³-hybridized carbons (Fsp3) is 0.667. The average Bonchev–Trinajstić information content (AvgIpc) is 3.13. The molecule has 0 aromatic heterocycles. The number of hydrogen-bond acceptors (Lipinski definition) is 4. The van der Waals surface area contributed by atoms with Gasteiger partial charge in [0.25, 0.3) is 0 Å². The molecule has 5 rings (SSSR count). The summed E-state index contributed by atoms with van der Waals surface area (Å²) in [6, 6.07) is 10.3. The molecule has 4 atom stereocenters.